The monoisotopic (exact) mass is 228 g/mol. The minimum absolute atomic E-state index is 0.630. The Hall–Kier alpha value is -1.28. The van der Waals surface area contributed by atoms with E-state index < -0.39 is 0 Å². The molecule has 0 saturated carbocycles. The van der Waals surface area contributed by atoms with Crippen molar-refractivity contribution in [2.75, 3.05) is 13.6 Å². The van der Waals surface area contributed by atoms with Gasteiger partial charge in [0.05, 0.1) is 0 Å². The second-order valence-electron chi connectivity index (χ2n) is 5.41. The number of aryl methyl sites for hydroxylation is 1. The summed E-state index contributed by atoms with van der Waals surface area (Å²) in [6.45, 7) is 5.63. The number of aromatic nitrogens is 1. The molecule has 2 nitrogen and oxygen atoms in total. The van der Waals surface area contributed by atoms with Crippen LogP contribution >= 0.6 is 0 Å². The second-order valence-corrected chi connectivity index (χ2v) is 5.41. The van der Waals surface area contributed by atoms with Gasteiger partial charge in [0, 0.05) is 35.6 Å². The summed E-state index contributed by atoms with van der Waals surface area (Å²) in [6, 6.07) is 7.38. The van der Waals surface area contributed by atoms with Crippen molar-refractivity contribution >= 4 is 10.9 Å². The number of aromatic amines is 1. The maximum Gasteiger partial charge on any atom is 0.0461 e. The van der Waals surface area contributed by atoms with Gasteiger partial charge in [-0.05, 0) is 44.5 Å². The molecule has 1 unspecified atom stereocenters. The van der Waals surface area contributed by atoms with Crippen molar-refractivity contribution in [3.8, 4) is 0 Å². The van der Waals surface area contributed by atoms with Crippen molar-refractivity contribution < 1.29 is 0 Å². The topological polar surface area (TPSA) is 19.0 Å². The molecule has 0 fully saturated rings. The maximum absolute atomic E-state index is 3.62. The zero-order valence-corrected chi connectivity index (χ0v) is 10.9. The molecule has 3 rings (SSSR count). The lowest BCUT2D eigenvalue weighted by Gasteiger charge is -2.21. The summed E-state index contributed by atoms with van der Waals surface area (Å²) in [5.41, 5.74) is 5.63. The maximum atomic E-state index is 3.62. The number of nitrogens with zero attached hydrogens (tertiary/aromatic N) is 1. The smallest absolute Gasteiger partial charge is 0.0461 e. The lowest BCUT2D eigenvalue weighted by Crippen LogP contribution is -2.30. The molecule has 0 spiro atoms. The summed E-state index contributed by atoms with van der Waals surface area (Å²) in [4.78, 5) is 6.07. The van der Waals surface area contributed by atoms with Crippen LogP contribution in [0.5, 0.6) is 0 Å². The van der Waals surface area contributed by atoms with Crippen LogP contribution in [-0.2, 0) is 12.8 Å². The highest BCUT2D eigenvalue weighted by Crippen LogP contribution is 2.27. The largest absolute Gasteiger partial charge is 0.358 e. The van der Waals surface area contributed by atoms with Crippen molar-refractivity contribution in [2.24, 2.45) is 0 Å². The first-order valence-electron chi connectivity index (χ1n) is 6.45. The summed E-state index contributed by atoms with van der Waals surface area (Å²) in [6.07, 6.45) is 2.30. The minimum atomic E-state index is 0.630. The van der Waals surface area contributed by atoms with Gasteiger partial charge < -0.3 is 9.88 Å². The summed E-state index contributed by atoms with van der Waals surface area (Å²) in [7, 11) is 2.23. The normalized spacial score (nSPS) is 21.5. The molecule has 1 N–H and O–H groups in total. The molecule has 2 heterocycles. The summed E-state index contributed by atoms with van der Waals surface area (Å²) in [5, 5.41) is 1.42. The average molecular weight is 228 g/mol. The van der Waals surface area contributed by atoms with E-state index in [1.54, 1.807) is 0 Å². The average Bonchev–Trinajstić information content (AvgIpc) is 2.55. The zero-order chi connectivity index (χ0) is 12.0. The van der Waals surface area contributed by atoms with E-state index in [0.717, 1.165) is 13.0 Å². The lowest BCUT2D eigenvalue weighted by atomic mass is 10.1. The highest BCUT2D eigenvalue weighted by molar-refractivity contribution is 5.85. The molecule has 2 heteroatoms. The number of rotatable bonds is 0. The Labute approximate surface area is 103 Å². The van der Waals surface area contributed by atoms with Crippen LogP contribution in [0.15, 0.2) is 18.2 Å². The van der Waals surface area contributed by atoms with Gasteiger partial charge in [0.2, 0.25) is 0 Å². The first kappa shape index (κ1) is 10.8. The molecule has 2 aromatic rings. The van der Waals surface area contributed by atoms with Crippen LogP contribution < -0.4 is 0 Å². The van der Waals surface area contributed by atoms with Crippen LogP contribution in [0.3, 0.4) is 0 Å². The van der Waals surface area contributed by atoms with E-state index in [-0.39, 0.29) is 0 Å². The van der Waals surface area contributed by atoms with Gasteiger partial charge in [-0.15, -0.1) is 0 Å². The molecule has 1 aromatic carbocycles. The van der Waals surface area contributed by atoms with E-state index in [9.17, 15) is 0 Å². The molecule has 0 saturated heterocycles. The summed E-state index contributed by atoms with van der Waals surface area (Å²) < 4.78 is 0. The molecule has 1 aliphatic rings. The second kappa shape index (κ2) is 3.88. The predicted octanol–water partition coefficient (Wildman–Crippen LogP) is 2.90. The van der Waals surface area contributed by atoms with Gasteiger partial charge in [-0.2, -0.15) is 0 Å². The molecular formula is C15H20N2. The molecule has 0 bridgehead atoms. The Morgan fingerprint density at radius 1 is 1.35 bits per heavy atom. The predicted molar refractivity (Wildman–Crippen MR) is 72.5 cm³/mol. The van der Waals surface area contributed by atoms with Crippen LogP contribution in [0.25, 0.3) is 10.9 Å². The Balaban J connectivity index is 2.14. The molecule has 1 aliphatic heterocycles. The Kier molecular flexibility index (Phi) is 2.48. The van der Waals surface area contributed by atoms with Crippen molar-refractivity contribution in [1.82, 2.24) is 9.88 Å². The molecule has 1 atom stereocenters. The van der Waals surface area contributed by atoms with Crippen LogP contribution in [0.4, 0.5) is 0 Å². The van der Waals surface area contributed by atoms with Gasteiger partial charge in [-0.25, -0.2) is 0 Å². The van der Waals surface area contributed by atoms with Crippen molar-refractivity contribution in [1.29, 1.82) is 0 Å². The molecular weight excluding hydrogens is 208 g/mol. The van der Waals surface area contributed by atoms with Crippen LogP contribution in [-0.4, -0.2) is 29.5 Å². The number of likely N-dealkylation sites (N-methyl/N-ethyl adjacent to an activating group) is 1. The molecule has 17 heavy (non-hydrogen) atoms. The van der Waals surface area contributed by atoms with Crippen molar-refractivity contribution in [3.05, 3.63) is 35.0 Å². The van der Waals surface area contributed by atoms with E-state index in [0.29, 0.717) is 6.04 Å². The van der Waals surface area contributed by atoms with E-state index in [2.05, 4.69) is 49.0 Å². The molecule has 1 aromatic heterocycles. The Morgan fingerprint density at radius 2 is 2.18 bits per heavy atom. The first-order chi connectivity index (χ1) is 8.15. The number of benzene rings is 1. The number of hydrogen-bond acceptors (Lipinski definition) is 1. The van der Waals surface area contributed by atoms with Gasteiger partial charge in [0.25, 0.3) is 0 Å². The van der Waals surface area contributed by atoms with E-state index >= 15 is 0 Å². The first-order valence-corrected chi connectivity index (χ1v) is 6.45. The fourth-order valence-electron chi connectivity index (χ4n) is 2.84. The fourth-order valence-corrected chi connectivity index (χ4v) is 2.84. The van der Waals surface area contributed by atoms with Gasteiger partial charge in [-0.3, -0.25) is 0 Å². The molecule has 0 amide bonds. The lowest BCUT2D eigenvalue weighted by molar-refractivity contribution is 0.267. The van der Waals surface area contributed by atoms with Crippen LogP contribution in [0.2, 0.25) is 0 Å². The standard InChI is InChI=1S/C15H20N2/c1-10-4-5-12-13-6-7-17(3)11(2)9-15(13)16-14(12)8-10/h4-5,8,11,16H,6-7,9H2,1-3H3. The third-order valence-electron chi connectivity index (χ3n) is 4.12. The molecule has 90 valence electrons. The number of hydrogen-bond donors (Lipinski definition) is 1. The van der Waals surface area contributed by atoms with Crippen molar-refractivity contribution in [2.45, 2.75) is 32.7 Å². The summed E-state index contributed by atoms with van der Waals surface area (Å²) >= 11 is 0. The minimum Gasteiger partial charge on any atom is -0.358 e. The van der Waals surface area contributed by atoms with E-state index in [1.165, 1.54) is 34.1 Å². The van der Waals surface area contributed by atoms with E-state index in [1.807, 2.05) is 0 Å². The van der Waals surface area contributed by atoms with E-state index in [4.69, 9.17) is 0 Å². The quantitative estimate of drug-likeness (QED) is 0.734. The van der Waals surface area contributed by atoms with Crippen LogP contribution in [0, 0.1) is 6.92 Å². The van der Waals surface area contributed by atoms with Crippen LogP contribution in [0.1, 0.15) is 23.7 Å². The fraction of sp³-hybridized carbons (Fsp3) is 0.467. The Morgan fingerprint density at radius 3 is 3.00 bits per heavy atom. The molecule has 0 radical (unpaired) electrons. The third kappa shape index (κ3) is 1.77. The van der Waals surface area contributed by atoms with Gasteiger partial charge in [0.1, 0.15) is 0 Å². The third-order valence-corrected chi connectivity index (χ3v) is 4.12. The molecule has 0 aliphatic carbocycles. The van der Waals surface area contributed by atoms with Gasteiger partial charge >= 0.3 is 0 Å². The number of nitrogens with one attached hydrogen (secondary N) is 1. The summed E-state index contributed by atoms with van der Waals surface area (Å²) in [5.74, 6) is 0. The zero-order valence-electron chi connectivity index (χ0n) is 10.9. The van der Waals surface area contributed by atoms with Crippen molar-refractivity contribution in [3.63, 3.8) is 0 Å². The highest BCUT2D eigenvalue weighted by Gasteiger charge is 2.20. The Bertz CT molecular complexity index is 553. The number of H-pyrrole nitrogens is 1. The highest BCUT2D eigenvalue weighted by atomic mass is 15.1. The van der Waals surface area contributed by atoms with Gasteiger partial charge in [0.15, 0.2) is 0 Å². The number of fused-ring (bicyclic) bond motifs is 3. The SMILES string of the molecule is Cc1ccc2c3c([nH]c2c1)CC(C)N(C)CC3. The van der Waals surface area contributed by atoms with Gasteiger partial charge in [-0.1, -0.05) is 12.1 Å².